The second-order valence-corrected chi connectivity index (χ2v) is 4.61. The number of hydrogen-bond donors (Lipinski definition) is 1. The van der Waals surface area contributed by atoms with E-state index in [9.17, 15) is 4.79 Å². The topological polar surface area (TPSA) is 59.9 Å². The van der Waals surface area contributed by atoms with Gasteiger partial charge >= 0.3 is 0 Å². The summed E-state index contributed by atoms with van der Waals surface area (Å²) in [6.07, 6.45) is 5.13. The number of H-pyrrole nitrogens is 1. The number of nitrogens with one attached hydrogen (secondary N) is 1. The highest BCUT2D eigenvalue weighted by Crippen LogP contribution is 2.24. The quantitative estimate of drug-likeness (QED) is 0.798. The second-order valence-electron chi connectivity index (χ2n) is 4.61. The lowest BCUT2D eigenvalue weighted by molar-refractivity contribution is 0.407. The van der Waals surface area contributed by atoms with E-state index in [0.717, 1.165) is 5.56 Å². The number of pyridine rings is 1. The summed E-state index contributed by atoms with van der Waals surface area (Å²) in [7, 11) is 1.50. The highest BCUT2D eigenvalue weighted by Gasteiger charge is 2.16. The van der Waals surface area contributed by atoms with Crippen molar-refractivity contribution >= 4 is 0 Å². The summed E-state index contributed by atoms with van der Waals surface area (Å²) < 4.78 is 7.24. The van der Waals surface area contributed by atoms with Crippen LogP contribution in [0.4, 0.5) is 0 Å². The van der Waals surface area contributed by atoms with Gasteiger partial charge in [-0.1, -0.05) is 30.3 Å². The third kappa shape index (κ3) is 2.58. The fraction of sp³-hybridized carbons (Fsp3) is 0.125. The summed E-state index contributed by atoms with van der Waals surface area (Å²) >= 11 is 0. The van der Waals surface area contributed by atoms with Crippen molar-refractivity contribution in [2.45, 2.75) is 6.54 Å². The van der Waals surface area contributed by atoms with E-state index in [1.54, 1.807) is 18.6 Å². The first-order chi connectivity index (χ1) is 10.3. The minimum absolute atomic E-state index is 0.159. The number of methoxy groups -OCH3 is 1. The molecule has 2 aromatic heterocycles. The van der Waals surface area contributed by atoms with Gasteiger partial charge in [0.2, 0.25) is 5.43 Å². The Kier molecular flexibility index (Phi) is 3.55. The third-order valence-corrected chi connectivity index (χ3v) is 3.25. The fourth-order valence-corrected chi connectivity index (χ4v) is 2.30. The van der Waals surface area contributed by atoms with Gasteiger partial charge in [0.1, 0.15) is 5.69 Å². The Balaban J connectivity index is 2.14. The maximum absolute atomic E-state index is 12.0. The van der Waals surface area contributed by atoms with Gasteiger partial charge in [-0.05, 0) is 5.56 Å². The van der Waals surface area contributed by atoms with E-state index in [2.05, 4.69) is 9.97 Å². The molecule has 0 saturated carbocycles. The maximum atomic E-state index is 12.0. The number of hydrogen-bond acceptors (Lipinski definition) is 3. The van der Waals surface area contributed by atoms with Crippen molar-refractivity contribution in [2.24, 2.45) is 0 Å². The van der Waals surface area contributed by atoms with Gasteiger partial charge in [0.05, 0.1) is 7.11 Å². The van der Waals surface area contributed by atoms with Gasteiger partial charge in [0, 0.05) is 31.2 Å². The van der Waals surface area contributed by atoms with E-state index in [1.165, 1.54) is 13.2 Å². The summed E-state index contributed by atoms with van der Waals surface area (Å²) in [6, 6.07) is 11.5. The van der Waals surface area contributed by atoms with Crippen LogP contribution < -0.4 is 10.2 Å². The molecule has 1 N–H and O–H groups in total. The van der Waals surface area contributed by atoms with Gasteiger partial charge in [-0.3, -0.25) is 4.79 Å². The van der Waals surface area contributed by atoms with Crippen LogP contribution in [0.2, 0.25) is 0 Å². The molecule has 0 aliphatic carbocycles. The van der Waals surface area contributed by atoms with E-state index in [0.29, 0.717) is 23.8 Å². The van der Waals surface area contributed by atoms with Gasteiger partial charge in [-0.25, -0.2) is 4.98 Å². The number of benzene rings is 1. The van der Waals surface area contributed by atoms with Gasteiger partial charge < -0.3 is 14.3 Å². The summed E-state index contributed by atoms with van der Waals surface area (Å²) in [6.45, 7) is 0.632. The number of nitrogens with zero attached hydrogens (tertiary/aromatic N) is 2. The molecule has 0 spiro atoms. The molecule has 3 aromatic rings. The molecule has 0 amide bonds. The third-order valence-electron chi connectivity index (χ3n) is 3.25. The number of rotatable bonds is 4. The molecule has 0 aliphatic heterocycles. The van der Waals surface area contributed by atoms with Crippen LogP contribution in [-0.4, -0.2) is 21.6 Å². The zero-order valence-corrected chi connectivity index (χ0v) is 11.6. The largest absolute Gasteiger partial charge is 0.491 e. The van der Waals surface area contributed by atoms with Gasteiger partial charge in [0.25, 0.3) is 0 Å². The number of imidazole rings is 1. The van der Waals surface area contributed by atoms with Gasteiger partial charge in [0.15, 0.2) is 11.6 Å². The van der Waals surface area contributed by atoms with Crippen molar-refractivity contribution in [3.63, 3.8) is 0 Å². The predicted molar refractivity (Wildman–Crippen MR) is 80.4 cm³/mol. The number of aromatic amines is 1. The Bertz CT molecular complexity index is 777. The molecule has 21 heavy (non-hydrogen) atoms. The van der Waals surface area contributed by atoms with Crippen molar-refractivity contribution < 1.29 is 4.74 Å². The maximum Gasteiger partial charge on any atom is 0.224 e. The van der Waals surface area contributed by atoms with Gasteiger partial charge in [-0.15, -0.1) is 0 Å². The normalized spacial score (nSPS) is 10.5. The number of ether oxygens (including phenoxy) is 1. The second kappa shape index (κ2) is 5.66. The van der Waals surface area contributed by atoms with Crippen molar-refractivity contribution in [2.75, 3.05) is 7.11 Å². The standard InChI is InChI=1S/C16H15N3O2/c1-21-15-13(20)7-10-19(11-12-5-3-2-4-6-12)14(15)16-17-8-9-18-16/h2-10H,11H2,1H3,(H,17,18). The predicted octanol–water partition coefficient (Wildman–Crippen LogP) is 2.30. The lowest BCUT2D eigenvalue weighted by Crippen LogP contribution is -2.14. The lowest BCUT2D eigenvalue weighted by Gasteiger charge is -2.15. The molecule has 0 radical (unpaired) electrons. The average molecular weight is 281 g/mol. The first-order valence-electron chi connectivity index (χ1n) is 6.60. The Labute approximate surface area is 121 Å². The minimum Gasteiger partial charge on any atom is -0.491 e. The van der Waals surface area contributed by atoms with E-state index in [-0.39, 0.29) is 5.43 Å². The van der Waals surface area contributed by atoms with Gasteiger partial charge in [-0.2, -0.15) is 0 Å². The Morgan fingerprint density at radius 2 is 2.05 bits per heavy atom. The molecule has 0 unspecified atom stereocenters. The molecule has 0 aliphatic rings. The summed E-state index contributed by atoms with van der Waals surface area (Å²) in [4.78, 5) is 19.3. The molecule has 0 atom stereocenters. The molecular weight excluding hydrogens is 266 g/mol. The van der Waals surface area contributed by atoms with E-state index < -0.39 is 0 Å². The minimum atomic E-state index is -0.159. The van der Waals surface area contributed by atoms with Crippen molar-refractivity contribution in [1.82, 2.24) is 14.5 Å². The van der Waals surface area contributed by atoms with Crippen LogP contribution in [0.15, 0.2) is 59.8 Å². The van der Waals surface area contributed by atoms with E-state index >= 15 is 0 Å². The molecule has 3 rings (SSSR count). The highest BCUT2D eigenvalue weighted by molar-refractivity contribution is 5.59. The molecule has 0 saturated heterocycles. The first kappa shape index (κ1) is 13.2. The molecule has 1 aromatic carbocycles. The van der Waals surface area contributed by atoms with E-state index in [1.807, 2.05) is 34.9 Å². The van der Waals surface area contributed by atoms with Crippen molar-refractivity contribution in [3.05, 3.63) is 70.8 Å². The molecule has 5 nitrogen and oxygen atoms in total. The van der Waals surface area contributed by atoms with Crippen LogP contribution in [0.1, 0.15) is 5.56 Å². The van der Waals surface area contributed by atoms with Crippen LogP contribution in [-0.2, 0) is 6.54 Å². The molecule has 0 fully saturated rings. The van der Waals surface area contributed by atoms with Crippen molar-refractivity contribution in [1.29, 1.82) is 0 Å². The smallest absolute Gasteiger partial charge is 0.224 e. The van der Waals surface area contributed by atoms with Crippen LogP contribution >= 0.6 is 0 Å². The first-order valence-corrected chi connectivity index (χ1v) is 6.60. The molecule has 106 valence electrons. The monoisotopic (exact) mass is 281 g/mol. The lowest BCUT2D eigenvalue weighted by atomic mass is 10.2. The fourth-order valence-electron chi connectivity index (χ4n) is 2.30. The molecular formula is C16H15N3O2. The SMILES string of the molecule is COc1c(-c2ncc[nH]2)n(Cc2ccccc2)ccc1=O. The van der Waals surface area contributed by atoms with Crippen LogP contribution in [0.3, 0.4) is 0 Å². The highest BCUT2D eigenvalue weighted by atomic mass is 16.5. The molecule has 2 heterocycles. The summed E-state index contributed by atoms with van der Waals surface area (Å²) in [5.74, 6) is 0.906. The summed E-state index contributed by atoms with van der Waals surface area (Å²) in [5, 5.41) is 0. The Hall–Kier alpha value is -2.82. The van der Waals surface area contributed by atoms with E-state index in [4.69, 9.17) is 4.74 Å². The molecule has 5 heteroatoms. The zero-order valence-electron chi connectivity index (χ0n) is 11.6. The average Bonchev–Trinajstić information content (AvgIpc) is 3.03. The molecule has 0 bridgehead atoms. The number of aromatic nitrogens is 3. The van der Waals surface area contributed by atoms with Crippen LogP contribution in [0.5, 0.6) is 5.75 Å². The van der Waals surface area contributed by atoms with Crippen LogP contribution in [0.25, 0.3) is 11.5 Å². The Morgan fingerprint density at radius 1 is 1.24 bits per heavy atom. The Morgan fingerprint density at radius 3 is 2.71 bits per heavy atom. The van der Waals surface area contributed by atoms with Crippen molar-refractivity contribution in [3.8, 4) is 17.3 Å². The summed E-state index contributed by atoms with van der Waals surface area (Å²) in [5.41, 5.74) is 1.63. The van der Waals surface area contributed by atoms with Crippen LogP contribution in [0, 0.1) is 0 Å². The zero-order chi connectivity index (χ0) is 14.7.